The van der Waals surface area contributed by atoms with Crippen molar-refractivity contribution < 1.29 is 26.8 Å². The highest BCUT2D eigenvalue weighted by Crippen LogP contribution is 2.23. The lowest BCUT2D eigenvalue weighted by atomic mass is 10.2. The third kappa shape index (κ3) is 2.30. The molecule has 0 aliphatic heterocycles. The Morgan fingerprint density at radius 1 is 0.812 bits per heavy atom. The summed E-state index contributed by atoms with van der Waals surface area (Å²) >= 11 is 0. The maximum Gasteiger partial charge on any atom is 0.200 e. The van der Waals surface area contributed by atoms with Crippen molar-refractivity contribution >= 4 is 0 Å². The summed E-state index contributed by atoms with van der Waals surface area (Å²) in [4.78, 5) is 4.64. The van der Waals surface area contributed by atoms with Gasteiger partial charge < -0.3 is 0 Å². The molecule has 90 valence electrons. The maximum absolute atomic E-state index is 13.0. The quantitative estimate of drug-likeness (QED) is 0.348. The minimum absolute atomic E-state index is 0.737. The standard InChI is InChI=1S/C9H8F5NO/c1-15(2)16-3-4-5(10)7(12)9(14)8(13)6(4)11/h3H2,1-2H3. The second-order valence-electron chi connectivity index (χ2n) is 3.13. The molecule has 0 fully saturated rings. The van der Waals surface area contributed by atoms with Gasteiger partial charge in [-0.15, -0.1) is 0 Å². The van der Waals surface area contributed by atoms with Gasteiger partial charge in [0.1, 0.15) is 0 Å². The topological polar surface area (TPSA) is 12.5 Å². The van der Waals surface area contributed by atoms with Crippen LogP contribution in [0.4, 0.5) is 22.0 Å². The lowest BCUT2D eigenvalue weighted by Gasteiger charge is -2.12. The Balaban J connectivity index is 3.18. The highest BCUT2D eigenvalue weighted by Gasteiger charge is 2.25. The largest absolute Gasteiger partial charge is 0.295 e. The Morgan fingerprint density at radius 2 is 1.19 bits per heavy atom. The summed E-state index contributed by atoms with van der Waals surface area (Å²) in [6.45, 7) is -0.737. The Labute approximate surface area is 88.2 Å². The van der Waals surface area contributed by atoms with Gasteiger partial charge in [-0.3, -0.25) is 4.84 Å². The molecule has 0 bridgehead atoms. The van der Waals surface area contributed by atoms with Crippen LogP contribution in [0.15, 0.2) is 0 Å². The average Bonchev–Trinajstić information content (AvgIpc) is 2.23. The molecule has 0 radical (unpaired) electrons. The molecule has 16 heavy (non-hydrogen) atoms. The van der Waals surface area contributed by atoms with E-state index in [1.165, 1.54) is 14.1 Å². The van der Waals surface area contributed by atoms with Crippen LogP contribution in [-0.4, -0.2) is 19.2 Å². The van der Waals surface area contributed by atoms with Crippen LogP contribution in [0.3, 0.4) is 0 Å². The van der Waals surface area contributed by atoms with E-state index in [0.717, 1.165) is 5.06 Å². The smallest absolute Gasteiger partial charge is 0.200 e. The first kappa shape index (κ1) is 12.9. The van der Waals surface area contributed by atoms with Crippen LogP contribution in [0.2, 0.25) is 0 Å². The van der Waals surface area contributed by atoms with E-state index in [1.807, 2.05) is 0 Å². The van der Waals surface area contributed by atoms with Gasteiger partial charge in [-0.05, 0) is 0 Å². The summed E-state index contributed by atoms with van der Waals surface area (Å²) in [6, 6.07) is 0. The number of hydroxylamine groups is 2. The van der Waals surface area contributed by atoms with Crippen LogP contribution in [0.25, 0.3) is 0 Å². The van der Waals surface area contributed by atoms with E-state index >= 15 is 0 Å². The molecule has 0 heterocycles. The summed E-state index contributed by atoms with van der Waals surface area (Å²) in [7, 11) is 2.82. The van der Waals surface area contributed by atoms with Crippen molar-refractivity contribution in [2.45, 2.75) is 6.61 Å². The van der Waals surface area contributed by atoms with Crippen LogP contribution in [0, 0.1) is 29.1 Å². The second-order valence-corrected chi connectivity index (χ2v) is 3.13. The minimum atomic E-state index is -2.18. The monoisotopic (exact) mass is 241 g/mol. The molecule has 1 rings (SSSR count). The Bertz CT molecular complexity index is 378. The zero-order chi connectivity index (χ0) is 12.5. The van der Waals surface area contributed by atoms with Gasteiger partial charge in [0.05, 0.1) is 12.2 Å². The summed E-state index contributed by atoms with van der Waals surface area (Å²) in [5.74, 6) is -9.88. The zero-order valence-corrected chi connectivity index (χ0v) is 8.45. The van der Waals surface area contributed by atoms with Gasteiger partial charge in [0.15, 0.2) is 23.3 Å². The van der Waals surface area contributed by atoms with Gasteiger partial charge in [0.2, 0.25) is 5.82 Å². The number of halogens is 5. The number of hydrogen-bond donors (Lipinski definition) is 0. The van der Waals surface area contributed by atoms with Crippen molar-refractivity contribution in [3.63, 3.8) is 0 Å². The fourth-order valence-corrected chi connectivity index (χ4v) is 0.971. The molecule has 0 unspecified atom stereocenters. The zero-order valence-electron chi connectivity index (χ0n) is 8.45. The molecule has 0 aliphatic rings. The fourth-order valence-electron chi connectivity index (χ4n) is 0.971. The van der Waals surface area contributed by atoms with Crippen LogP contribution in [0.5, 0.6) is 0 Å². The van der Waals surface area contributed by atoms with Crippen molar-refractivity contribution in [1.29, 1.82) is 0 Å². The third-order valence-electron chi connectivity index (χ3n) is 1.77. The van der Waals surface area contributed by atoms with E-state index < -0.39 is 41.3 Å². The Hall–Kier alpha value is -1.21. The first-order valence-electron chi connectivity index (χ1n) is 4.16. The number of benzene rings is 1. The number of rotatable bonds is 3. The van der Waals surface area contributed by atoms with Crippen molar-refractivity contribution in [3.8, 4) is 0 Å². The van der Waals surface area contributed by atoms with E-state index in [-0.39, 0.29) is 0 Å². The molecule has 1 aromatic rings. The molecule has 0 aliphatic carbocycles. The average molecular weight is 241 g/mol. The van der Waals surface area contributed by atoms with E-state index in [1.54, 1.807) is 0 Å². The van der Waals surface area contributed by atoms with Crippen molar-refractivity contribution in [2.24, 2.45) is 0 Å². The van der Waals surface area contributed by atoms with E-state index in [4.69, 9.17) is 0 Å². The van der Waals surface area contributed by atoms with Gasteiger partial charge in [-0.2, -0.15) is 5.06 Å². The minimum Gasteiger partial charge on any atom is -0.295 e. The lowest BCUT2D eigenvalue weighted by Crippen LogP contribution is -2.15. The lowest BCUT2D eigenvalue weighted by molar-refractivity contribution is -0.132. The molecule has 7 heteroatoms. The second kappa shape index (κ2) is 4.75. The maximum atomic E-state index is 13.0. The predicted octanol–water partition coefficient (Wildman–Crippen LogP) is 2.38. The van der Waals surface area contributed by atoms with Crippen LogP contribution in [0.1, 0.15) is 5.56 Å². The highest BCUT2D eigenvalue weighted by atomic mass is 19.2. The molecular weight excluding hydrogens is 233 g/mol. The van der Waals surface area contributed by atoms with E-state index in [9.17, 15) is 22.0 Å². The molecular formula is C9H8F5NO. The van der Waals surface area contributed by atoms with Gasteiger partial charge in [0.25, 0.3) is 0 Å². The van der Waals surface area contributed by atoms with Crippen molar-refractivity contribution in [2.75, 3.05) is 14.1 Å². The molecule has 2 nitrogen and oxygen atoms in total. The molecule has 0 spiro atoms. The SMILES string of the molecule is CN(C)OCc1c(F)c(F)c(F)c(F)c1F. The first-order chi connectivity index (χ1) is 7.36. The Kier molecular flexibility index (Phi) is 3.82. The van der Waals surface area contributed by atoms with Gasteiger partial charge in [-0.1, -0.05) is 0 Å². The summed E-state index contributed by atoms with van der Waals surface area (Å²) < 4.78 is 64.1. The summed E-state index contributed by atoms with van der Waals surface area (Å²) in [6.07, 6.45) is 0. The van der Waals surface area contributed by atoms with Gasteiger partial charge in [0, 0.05) is 14.1 Å². The summed E-state index contributed by atoms with van der Waals surface area (Å²) in [5, 5.41) is 1.08. The molecule has 0 aromatic heterocycles. The Morgan fingerprint density at radius 3 is 1.56 bits per heavy atom. The molecule has 0 atom stereocenters. The van der Waals surface area contributed by atoms with Crippen LogP contribution >= 0.6 is 0 Å². The number of hydrogen-bond acceptors (Lipinski definition) is 2. The van der Waals surface area contributed by atoms with Crippen LogP contribution in [-0.2, 0) is 11.4 Å². The molecule has 0 amide bonds. The fraction of sp³-hybridized carbons (Fsp3) is 0.333. The molecule has 0 saturated carbocycles. The van der Waals surface area contributed by atoms with E-state index in [2.05, 4.69) is 4.84 Å². The summed E-state index contributed by atoms with van der Waals surface area (Å²) in [5.41, 5.74) is -0.995. The molecule has 1 aromatic carbocycles. The van der Waals surface area contributed by atoms with Gasteiger partial charge >= 0.3 is 0 Å². The van der Waals surface area contributed by atoms with Gasteiger partial charge in [-0.25, -0.2) is 22.0 Å². The molecule has 0 saturated heterocycles. The predicted molar refractivity (Wildman–Crippen MR) is 44.7 cm³/mol. The van der Waals surface area contributed by atoms with Crippen molar-refractivity contribution in [3.05, 3.63) is 34.6 Å². The van der Waals surface area contributed by atoms with Crippen molar-refractivity contribution in [1.82, 2.24) is 5.06 Å². The van der Waals surface area contributed by atoms with E-state index in [0.29, 0.717) is 0 Å². The molecule has 0 N–H and O–H groups in total. The highest BCUT2D eigenvalue weighted by molar-refractivity contribution is 5.23. The van der Waals surface area contributed by atoms with Crippen LogP contribution < -0.4 is 0 Å². The number of nitrogens with zero attached hydrogens (tertiary/aromatic N) is 1. The third-order valence-corrected chi connectivity index (χ3v) is 1.77. The first-order valence-corrected chi connectivity index (χ1v) is 4.16. The normalized spacial score (nSPS) is 11.2.